The highest BCUT2D eigenvalue weighted by molar-refractivity contribution is 7.98. The zero-order valence-corrected chi connectivity index (χ0v) is 14.9. The van der Waals surface area contributed by atoms with Gasteiger partial charge in [0.1, 0.15) is 0 Å². The third kappa shape index (κ3) is 6.28. The van der Waals surface area contributed by atoms with Gasteiger partial charge in [-0.2, -0.15) is 11.8 Å². The first-order chi connectivity index (χ1) is 11.2. The SMILES string of the molecule is Cc1ccccc1CSCCNC(=O)CCc1ccccc1Cl. The molecule has 2 aromatic rings. The molecule has 1 amide bonds. The van der Waals surface area contributed by atoms with Gasteiger partial charge in [0.05, 0.1) is 0 Å². The molecule has 122 valence electrons. The summed E-state index contributed by atoms with van der Waals surface area (Å²) in [6.45, 7) is 2.84. The molecule has 0 fully saturated rings. The Kier molecular flexibility index (Phi) is 7.50. The standard InChI is InChI=1S/C19H22ClNOS/c1-15-6-2-3-8-17(15)14-23-13-12-21-19(22)11-10-16-7-4-5-9-18(16)20/h2-9H,10-14H2,1H3,(H,21,22). The van der Waals surface area contributed by atoms with Gasteiger partial charge in [0.25, 0.3) is 0 Å². The summed E-state index contributed by atoms with van der Waals surface area (Å²) in [5, 5.41) is 3.70. The van der Waals surface area contributed by atoms with Crippen LogP contribution in [0.5, 0.6) is 0 Å². The van der Waals surface area contributed by atoms with Crippen LogP contribution in [0, 0.1) is 6.92 Å². The first-order valence-corrected chi connectivity index (χ1v) is 9.32. The average molecular weight is 348 g/mol. The minimum atomic E-state index is 0.0846. The van der Waals surface area contributed by atoms with Crippen LogP contribution < -0.4 is 5.32 Å². The Bertz CT molecular complexity index is 645. The van der Waals surface area contributed by atoms with Crippen molar-refractivity contribution in [3.05, 3.63) is 70.2 Å². The number of aryl methyl sites for hydroxylation is 2. The molecule has 0 bridgehead atoms. The summed E-state index contributed by atoms with van der Waals surface area (Å²) in [6.07, 6.45) is 1.16. The van der Waals surface area contributed by atoms with Crippen LogP contribution in [0.15, 0.2) is 48.5 Å². The second kappa shape index (κ2) is 9.64. The van der Waals surface area contributed by atoms with E-state index in [1.165, 1.54) is 11.1 Å². The van der Waals surface area contributed by atoms with Crippen LogP contribution in [-0.2, 0) is 17.0 Å². The molecule has 0 unspecified atom stereocenters. The van der Waals surface area contributed by atoms with Crippen molar-refractivity contribution in [2.24, 2.45) is 0 Å². The summed E-state index contributed by atoms with van der Waals surface area (Å²) < 4.78 is 0. The van der Waals surface area contributed by atoms with E-state index in [2.05, 4.69) is 36.5 Å². The Labute approximate surface area is 147 Å². The molecular formula is C19H22ClNOS. The molecule has 0 aliphatic carbocycles. The van der Waals surface area contributed by atoms with Gasteiger partial charge in [0.15, 0.2) is 0 Å². The van der Waals surface area contributed by atoms with Crippen molar-refractivity contribution in [2.75, 3.05) is 12.3 Å². The maximum absolute atomic E-state index is 11.9. The van der Waals surface area contributed by atoms with Crippen LogP contribution in [0.3, 0.4) is 0 Å². The Morgan fingerprint density at radius 2 is 1.78 bits per heavy atom. The van der Waals surface area contributed by atoms with E-state index in [-0.39, 0.29) is 5.91 Å². The lowest BCUT2D eigenvalue weighted by Gasteiger charge is -2.07. The molecule has 4 heteroatoms. The second-order valence-electron chi connectivity index (χ2n) is 5.42. The van der Waals surface area contributed by atoms with Gasteiger partial charge in [-0.25, -0.2) is 0 Å². The number of carbonyl (C=O) groups is 1. The van der Waals surface area contributed by atoms with Crippen molar-refractivity contribution in [3.8, 4) is 0 Å². The molecule has 0 aliphatic heterocycles. The van der Waals surface area contributed by atoms with Crippen LogP contribution in [0.1, 0.15) is 23.1 Å². The first-order valence-electron chi connectivity index (χ1n) is 7.79. The summed E-state index contributed by atoms with van der Waals surface area (Å²) in [5.41, 5.74) is 3.71. The minimum Gasteiger partial charge on any atom is -0.355 e. The number of rotatable bonds is 8. The van der Waals surface area contributed by atoms with Gasteiger partial charge in [-0.05, 0) is 36.1 Å². The molecule has 0 aromatic heterocycles. The van der Waals surface area contributed by atoms with E-state index in [1.807, 2.05) is 36.0 Å². The number of amides is 1. The van der Waals surface area contributed by atoms with Gasteiger partial charge < -0.3 is 5.32 Å². The zero-order chi connectivity index (χ0) is 16.5. The molecule has 0 heterocycles. The maximum Gasteiger partial charge on any atom is 0.220 e. The van der Waals surface area contributed by atoms with E-state index >= 15 is 0 Å². The lowest BCUT2D eigenvalue weighted by molar-refractivity contribution is -0.120. The van der Waals surface area contributed by atoms with Crippen molar-refractivity contribution in [2.45, 2.75) is 25.5 Å². The highest BCUT2D eigenvalue weighted by Gasteiger charge is 2.04. The lowest BCUT2D eigenvalue weighted by Crippen LogP contribution is -2.26. The van der Waals surface area contributed by atoms with E-state index in [1.54, 1.807) is 0 Å². The van der Waals surface area contributed by atoms with E-state index < -0.39 is 0 Å². The van der Waals surface area contributed by atoms with Gasteiger partial charge in [0, 0.05) is 29.5 Å². The fourth-order valence-electron chi connectivity index (χ4n) is 2.25. The van der Waals surface area contributed by atoms with Gasteiger partial charge in [-0.15, -0.1) is 0 Å². The highest BCUT2D eigenvalue weighted by atomic mass is 35.5. The molecule has 0 spiro atoms. The molecule has 0 aliphatic rings. The molecule has 1 N–H and O–H groups in total. The molecule has 0 saturated heterocycles. The predicted molar refractivity (Wildman–Crippen MR) is 100 cm³/mol. The van der Waals surface area contributed by atoms with Gasteiger partial charge in [0.2, 0.25) is 5.91 Å². The third-order valence-electron chi connectivity index (χ3n) is 3.67. The maximum atomic E-state index is 11.9. The number of nitrogens with one attached hydrogen (secondary N) is 1. The van der Waals surface area contributed by atoms with E-state index in [0.29, 0.717) is 19.4 Å². The summed E-state index contributed by atoms with van der Waals surface area (Å²) in [5.74, 6) is 2.00. The molecule has 2 nitrogen and oxygen atoms in total. The molecule has 0 atom stereocenters. The topological polar surface area (TPSA) is 29.1 Å². The fourth-order valence-corrected chi connectivity index (χ4v) is 3.42. The normalized spacial score (nSPS) is 10.5. The van der Waals surface area contributed by atoms with Crippen LogP contribution in [-0.4, -0.2) is 18.2 Å². The van der Waals surface area contributed by atoms with Crippen molar-refractivity contribution in [1.29, 1.82) is 0 Å². The Morgan fingerprint density at radius 3 is 2.52 bits per heavy atom. The zero-order valence-electron chi connectivity index (χ0n) is 13.3. The van der Waals surface area contributed by atoms with Gasteiger partial charge >= 0.3 is 0 Å². The van der Waals surface area contributed by atoms with Crippen molar-refractivity contribution < 1.29 is 4.79 Å². The number of thioether (sulfide) groups is 1. The Hall–Kier alpha value is -1.45. The molecule has 0 saturated carbocycles. The monoisotopic (exact) mass is 347 g/mol. The average Bonchev–Trinajstić information content (AvgIpc) is 2.55. The summed E-state index contributed by atoms with van der Waals surface area (Å²) in [7, 11) is 0. The van der Waals surface area contributed by atoms with Crippen molar-refractivity contribution in [1.82, 2.24) is 5.32 Å². The van der Waals surface area contributed by atoms with Crippen LogP contribution >= 0.6 is 23.4 Å². The quantitative estimate of drug-likeness (QED) is 0.705. The predicted octanol–water partition coefficient (Wildman–Crippen LogP) is 4.63. The largest absolute Gasteiger partial charge is 0.355 e. The molecular weight excluding hydrogens is 326 g/mol. The molecule has 2 rings (SSSR count). The third-order valence-corrected chi connectivity index (χ3v) is 5.04. The van der Waals surface area contributed by atoms with E-state index in [4.69, 9.17) is 11.6 Å². The van der Waals surface area contributed by atoms with Crippen LogP contribution in [0.2, 0.25) is 5.02 Å². The first kappa shape index (κ1) is 17.9. The molecule has 0 radical (unpaired) electrons. The van der Waals surface area contributed by atoms with Crippen molar-refractivity contribution >= 4 is 29.3 Å². The fraction of sp³-hybridized carbons (Fsp3) is 0.316. The van der Waals surface area contributed by atoms with Gasteiger partial charge in [-0.1, -0.05) is 54.1 Å². The number of benzene rings is 2. The van der Waals surface area contributed by atoms with E-state index in [0.717, 1.165) is 22.1 Å². The summed E-state index contributed by atoms with van der Waals surface area (Å²) >= 11 is 7.93. The number of halogens is 1. The van der Waals surface area contributed by atoms with Crippen LogP contribution in [0.4, 0.5) is 0 Å². The Balaban J connectivity index is 1.60. The lowest BCUT2D eigenvalue weighted by atomic mass is 10.1. The molecule has 23 heavy (non-hydrogen) atoms. The number of hydrogen-bond acceptors (Lipinski definition) is 2. The van der Waals surface area contributed by atoms with Crippen LogP contribution in [0.25, 0.3) is 0 Å². The smallest absolute Gasteiger partial charge is 0.220 e. The highest BCUT2D eigenvalue weighted by Crippen LogP contribution is 2.17. The number of carbonyl (C=O) groups excluding carboxylic acids is 1. The molecule has 2 aromatic carbocycles. The summed E-state index contributed by atoms with van der Waals surface area (Å²) in [4.78, 5) is 11.9. The Morgan fingerprint density at radius 1 is 1.09 bits per heavy atom. The second-order valence-corrected chi connectivity index (χ2v) is 6.93. The van der Waals surface area contributed by atoms with Gasteiger partial charge in [-0.3, -0.25) is 4.79 Å². The van der Waals surface area contributed by atoms with Crippen molar-refractivity contribution in [3.63, 3.8) is 0 Å². The summed E-state index contributed by atoms with van der Waals surface area (Å²) in [6, 6.07) is 16.1. The van der Waals surface area contributed by atoms with E-state index in [9.17, 15) is 4.79 Å². The minimum absolute atomic E-state index is 0.0846. The number of hydrogen-bond donors (Lipinski definition) is 1.